The fourth-order valence-corrected chi connectivity index (χ4v) is 2.18. The summed E-state index contributed by atoms with van der Waals surface area (Å²) < 4.78 is 6.25. The minimum Gasteiger partial charge on any atom is -0.486 e. The number of aryl methyl sites for hydroxylation is 3. The molecule has 0 spiro atoms. The number of hydrogen-bond donors (Lipinski definition) is 1. The van der Waals surface area contributed by atoms with Crippen LogP contribution in [0.3, 0.4) is 0 Å². The summed E-state index contributed by atoms with van der Waals surface area (Å²) in [6.07, 6.45) is 0.987. The van der Waals surface area contributed by atoms with Gasteiger partial charge in [0.25, 0.3) is 0 Å². The highest BCUT2D eigenvalue weighted by Crippen LogP contribution is 2.29. The van der Waals surface area contributed by atoms with Gasteiger partial charge in [-0.05, 0) is 52.3 Å². The molecule has 1 rings (SSSR count). The van der Waals surface area contributed by atoms with Crippen molar-refractivity contribution >= 4 is 0 Å². The van der Waals surface area contributed by atoms with E-state index in [-0.39, 0.29) is 5.60 Å². The first-order valence-electron chi connectivity index (χ1n) is 6.33. The summed E-state index contributed by atoms with van der Waals surface area (Å²) >= 11 is 0. The maximum atomic E-state index is 6.25. The molecule has 96 valence electrons. The molecule has 0 saturated carbocycles. The number of rotatable bonds is 5. The second-order valence-electron chi connectivity index (χ2n) is 5.16. The lowest BCUT2D eigenvalue weighted by molar-refractivity contribution is 0.0841. The zero-order valence-electron chi connectivity index (χ0n) is 12.0. The van der Waals surface area contributed by atoms with E-state index in [0.717, 1.165) is 18.7 Å². The minimum atomic E-state index is -0.139. The molecule has 1 atom stereocenters. The molecule has 2 heteroatoms. The van der Waals surface area contributed by atoms with Crippen LogP contribution in [0.2, 0.25) is 0 Å². The fourth-order valence-electron chi connectivity index (χ4n) is 2.18. The molecule has 1 unspecified atom stereocenters. The molecule has 0 saturated heterocycles. The van der Waals surface area contributed by atoms with Gasteiger partial charge >= 0.3 is 0 Å². The highest BCUT2D eigenvalue weighted by atomic mass is 16.5. The van der Waals surface area contributed by atoms with Crippen LogP contribution in [0, 0.1) is 20.8 Å². The van der Waals surface area contributed by atoms with Crippen LogP contribution in [-0.2, 0) is 0 Å². The molecule has 0 aliphatic heterocycles. The van der Waals surface area contributed by atoms with Crippen LogP contribution >= 0.6 is 0 Å². The molecule has 1 N–H and O–H groups in total. The van der Waals surface area contributed by atoms with Gasteiger partial charge in [-0.3, -0.25) is 0 Å². The molecule has 0 bridgehead atoms. The highest BCUT2D eigenvalue weighted by molar-refractivity contribution is 5.43. The third-order valence-electron chi connectivity index (χ3n) is 3.25. The van der Waals surface area contributed by atoms with E-state index in [2.05, 4.69) is 52.1 Å². The van der Waals surface area contributed by atoms with E-state index in [0.29, 0.717) is 0 Å². The normalized spacial score (nSPS) is 14.5. The van der Waals surface area contributed by atoms with E-state index < -0.39 is 0 Å². The Labute approximate surface area is 105 Å². The second-order valence-corrected chi connectivity index (χ2v) is 5.16. The van der Waals surface area contributed by atoms with E-state index in [1.54, 1.807) is 0 Å². The number of nitrogens with one attached hydrogen (secondary N) is 1. The minimum absolute atomic E-state index is 0.139. The Bertz CT molecular complexity index is 364. The van der Waals surface area contributed by atoms with Crippen molar-refractivity contribution in [3.8, 4) is 5.75 Å². The summed E-state index contributed by atoms with van der Waals surface area (Å²) in [5.74, 6) is 1.04. The van der Waals surface area contributed by atoms with Gasteiger partial charge in [-0.25, -0.2) is 0 Å². The third kappa shape index (κ3) is 3.47. The van der Waals surface area contributed by atoms with Gasteiger partial charge in [-0.2, -0.15) is 0 Å². The van der Waals surface area contributed by atoms with E-state index >= 15 is 0 Å². The largest absolute Gasteiger partial charge is 0.486 e. The van der Waals surface area contributed by atoms with Crippen molar-refractivity contribution in [3.05, 3.63) is 28.8 Å². The van der Waals surface area contributed by atoms with Crippen LogP contribution in [0.5, 0.6) is 5.75 Å². The second kappa shape index (κ2) is 5.54. The van der Waals surface area contributed by atoms with Gasteiger partial charge in [-0.15, -0.1) is 0 Å². The van der Waals surface area contributed by atoms with Crippen molar-refractivity contribution in [2.24, 2.45) is 0 Å². The molecule has 0 aromatic heterocycles. The van der Waals surface area contributed by atoms with Gasteiger partial charge in [0.2, 0.25) is 0 Å². The van der Waals surface area contributed by atoms with Crippen molar-refractivity contribution in [2.45, 2.75) is 46.6 Å². The van der Waals surface area contributed by atoms with Crippen molar-refractivity contribution in [1.82, 2.24) is 5.32 Å². The zero-order chi connectivity index (χ0) is 13.1. The Kier molecular flexibility index (Phi) is 4.58. The predicted octanol–water partition coefficient (Wildman–Crippen LogP) is 3.38. The molecule has 0 fully saturated rings. The lowest BCUT2D eigenvalue weighted by Gasteiger charge is -2.31. The molecule has 0 heterocycles. The first-order valence-corrected chi connectivity index (χ1v) is 6.33. The molecule has 2 nitrogen and oxygen atoms in total. The first-order chi connectivity index (χ1) is 7.91. The molecule has 0 radical (unpaired) electrons. The Morgan fingerprint density at radius 3 is 2.12 bits per heavy atom. The Balaban J connectivity index is 3.01. The number of ether oxygens (including phenoxy) is 1. The molecule has 1 aromatic carbocycles. The molecular weight excluding hydrogens is 210 g/mol. The van der Waals surface area contributed by atoms with Crippen LogP contribution in [0.15, 0.2) is 12.1 Å². The van der Waals surface area contributed by atoms with Crippen LogP contribution in [0.25, 0.3) is 0 Å². The van der Waals surface area contributed by atoms with E-state index in [9.17, 15) is 0 Å². The fraction of sp³-hybridized carbons (Fsp3) is 0.600. The quantitative estimate of drug-likeness (QED) is 0.844. The Hall–Kier alpha value is -1.02. The molecule has 0 aliphatic carbocycles. The van der Waals surface area contributed by atoms with E-state index in [4.69, 9.17) is 4.74 Å². The van der Waals surface area contributed by atoms with Gasteiger partial charge in [-0.1, -0.05) is 24.6 Å². The number of benzene rings is 1. The highest BCUT2D eigenvalue weighted by Gasteiger charge is 2.24. The standard InChI is InChI=1S/C15H25NO/c1-7-15(5,10-16-6)17-14-12(3)8-11(2)9-13(14)4/h8-9,16H,7,10H2,1-6H3. The van der Waals surface area contributed by atoms with Crippen molar-refractivity contribution in [1.29, 1.82) is 0 Å². The Morgan fingerprint density at radius 1 is 1.18 bits per heavy atom. The molecular formula is C15H25NO. The summed E-state index contributed by atoms with van der Waals surface area (Å²) in [7, 11) is 1.96. The van der Waals surface area contributed by atoms with Crippen molar-refractivity contribution in [2.75, 3.05) is 13.6 Å². The molecule has 0 amide bonds. The smallest absolute Gasteiger partial charge is 0.126 e. The molecule has 0 aliphatic rings. The van der Waals surface area contributed by atoms with Crippen LogP contribution in [0.4, 0.5) is 0 Å². The molecule has 1 aromatic rings. The zero-order valence-corrected chi connectivity index (χ0v) is 12.0. The van der Waals surface area contributed by atoms with Crippen LogP contribution in [-0.4, -0.2) is 19.2 Å². The lowest BCUT2D eigenvalue weighted by Crippen LogP contribution is -2.41. The summed E-state index contributed by atoms with van der Waals surface area (Å²) in [4.78, 5) is 0. The SMILES string of the molecule is CCC(C)(CNC)Oc1c(C)cc(C)cc1C. The third-order valence-corrected chi connectivity index (χ3v) is 3.25. The maximum absolute atomic E-state index is 6.25. The average molecular weight is 235 g/mol. The van der Waals surface area contributed by atoms with Gasteiger partial charge in [0.15, 0.2) is 0 Å². The molecule has 17 heavy (non-hydrogen) atoms. The lowest BCUT2D eigenvalue weighted by atomic mass is 10.0. The number of likely N-dealkylation sites (N-methyl/N-ethyl adjacent to an activating group) is 1. The van der Waals surface area contributed by atoms with Crippen LogP contribution in [0.1, 0.15) is 37.0 Å². The van der Waals surface area contributed by atoms with E-state index in [1.807, 2.05) is 7.05 Å². The average Bonchev–Trinajstić information content (AvgIpc) is 2.24. The summed E-state index contributed by atoms with van der Waals surface area (Å²) in [6.45, 7) is 11.5. The summed E-state index contributed by atoms with van der Waals surface area (Å²) in [5, 5.41) is 3.20. The Morgan fingerprint density at radius 2 is 1.71 bits per heavy atom. The summed E-state index contributed by atoms with van der Waals surface area (Å²) in [5.41, 5.74) is 3.59. The maximum Gasteiger partial charge on any atom is 0.126 e. The predicted molar refractivity (Wildman–Crippen MR) is 73.9 cm³/mol. The van der Waals surface area contributed by atoms with Crippen molar-refractivity contribution < 1.29 is 4.74 Å². The van der Waals surface area contributed by atoms with Gasteiger partial charge in [0, 0.05) is 6.54 Å². The van der Waals surface area contributed by atoms with E-state index in [1.165, 1.54) is 16.7 Å². The summed E-state index contributed by atoms with van der Waals surface area (Å²) in [6, 6.07) is 4.36. The topological polar surface area (TPSA) is 21.3 Å². The van der Waals surface area contributed by atoms with Gasteiger partial charge in [0.05, 0.1) is 0 Å². The monoisotopic (exact) mass is 235 g/mol. The first kappa shape index (κ1) is 14.0. The van der Waals surface area contributed by atoms with Gasteiger partial charge in [0.1, 0.15) is 11.4 Å². The van der Waals surface area contributed by atoms with Crippen molar-refractivity contribution in [3.63, 3.8) is 0 Å². The van der Waals surface area contributed by atoms with Gasteiger partial charge < -0.3 is 10.1 Å². The number of hydrogen-bond acceptors (Lipinski definition) is 2. The van der Waals surface area contributed by atoms with Crippen LogP contribution < -0.4 is 10.1 Å².